The van der Waals surface area contributed by atoms with Crippen molar-refractivity contribution in [1.29, 1.82) is 0 Å². The van der Waals surface area contributed by atoms with Gasteiger partial charge in [-0.05, 0) is 48.0 Å². The molecule has 0 unspecified atom stereocenters. The standard InChI is InChI=1S/C14H13NO3/c1-18-14-7-2-10(8-13(14)17)9-15-11-3-5-12(16)6-4-11/h2-9,16-17H,1H3. The molecule has 4 heteroatoms. The third-order valence-corrected chi connectivity index (χ3v) is 2.42. The lowest BCUT2D eigenvalue weighted by atomic mass is 10.2. The van der Waals surface area contributed by atoms with E-state index in [-0.39, 0.29) is 11.5 Å². The summed E-state index contributed by atoms with van der Waals surface area (Å²) in [5, 5.41) is 18.7. The number of methoxy groups -OCH3 is 1. The minimum Gasteiger partial charge on any atom is -0.508 e. The summed E-state index contributed by atoms with van der Waals surface area (Å²) in [6, 6.07) is 11.6. The second-order valence-electron chi connectivity index (χ2n) is 3.71. The fourth-order valence-corrected chi connectivity index (χ4v) is 1.48. The van der Waals surface area contributed by atoms with Gasteiger partial charge in [-0.15, -0.1) is 0 Å². The Morgan fingerprint density at radius 1 is 1.06 bits per heavy atom. The van der Waals surface area contributed by atoms with Crippen LogP contribution in [0, 0.1) is 0 Å². The zero-order chi connectivity index (χ0) is 13.0. The molecule has 0 radical (unpaired) electrons. The van der Waals surface area contributed by atoms with E-state index < -0.39 is 0 Å². The van der Waals surface area contributed by atoms with Gasteiger partial charge in [0, 0.05) is 6.21 Å². The molecule has 18 heavy (non-hydrogen) atoms. The van der Waals surface area contributed by atoms with Crippen LogP contribution in [-0.2, 0) is 0 Å². The first-order valence-electron chi connectivity index (χ1n) is 5.39. The summed E-state index contributed by atoms with van der Waals surface area (Å²) >= 11 is 0. The van der Waals surface area contributed by atoms with E-state index in [2.05, 4.69) is 4.99 Å². The summed E-state index contributed by atoms with van der Waals surface area (Å²) in [6.45, 7) is 0. The molecule has 0 fully saturated rings. The molecule has 0 atom stereocenters. The SMILES string of the molecule is COc1ccc(C=Nc2ccc(O)cc2)cc1O. The second kappa shape index (κ2) is 5.23. The Morgan fingerprint density at radius 2 is 1.78 bits per heavy atom. The van der Waals surface area contributed by atoms with Crippen LogP contribution in [0.3, 0.4) is 0 Å². The predicted octanol–water partition coefficient (Wildman–Crippen LogP) is 2.86. The number of aromatic hydroxyl groups is 2. The number of benzene rings is 2. The van der Waals surface area contributed by atoms with Crippen LogP contribution in [0.25, 0.3) is 0 Å². The van der Waals surface area contributed by atoms with Crippen LogP contribution in [0.15, 0.2) is 47.5 Å². The molecule has 2 aromatic rings. The van der Waals surface area contributed by atoms with Gasteiger partial charge in [-0.2, -0.15) is 0 Å². The number of rotatable bonds is 3. The van der Waals surface area contributed by atoms with E-state index in [1.807, 2.05) is 0 Å². The third-order valence-electron chi connectivity index (χ3n) is 2.42. The van der Waals surface area contributed by atoms with E-state index in [4.69, 9.17) is 9.84 Å². The van der Waals surface area contributed by atoms with Crippen molar-refractivity contribution in [2.45, 2.75) is 0 Å². The molecule has 4 nitrogen and oxygen atoms in total. The molecular formula is C14H13NO3. The van der Waals surface area contributed by atoms with Crippen LogP contribution < -0.4 is 4.74 Å². The van der Waals surface area contributed by atoms with E-state index in [0.29, 0.717) is 5.75 Å². The number of ether oxygens (including phenoxy) is 1. The Balaban J connectivity index is 2.18. The molecule has 2 rings (SSSR count). The van der Waals surface area contributed by atoms with Crippen LogP contribution in [0.5, 0.6) is 17.2 Å². The smallest absolute Gasteiger partial charge is 0.160 e. The predicted molar refractivity (Wildman–Crippen MR) is 70.0 cm³/mol. The maximum Gasteiger partial charge on any atom is 0.160 e. The van der Waals surface area contributed by atoms with E-state index in [1.54, 1.807) is 48.7 Å². The average molecular weight is 243 g/mol. The molecule has 0 amide bonds. The Morgan fingerprint density at radius 3 is 2.39 bits per heavy atom. The normalized spacial score (nSPS) is 10.7. The van der Waals surface area contributed by atoms with Crippen LogP contribution in [0.4, 0.5) is 5.69 Å². The summed E-state index contributed by atoms with van der Waals surface area (Å²) < 4.78 is 4.95. The van der Waals surface area contributed by atoms with Crippen molar-refractivity contribution in [3.8, 4) is 17.2 Å². The minimum absolute atomic E-state index is 0.0761. The zero-order valence-corrected chi connectivity index (χ0v) is 9.87. The van der Waals surface area contributed by atoms with E-state index >= 15 is 0 Å². The van der Waals surface area contributed by atoms with Crippen molar-refractivity contribution in [3.63, 3.8) is 0 Å². The monoisotopic (exact) mass is 243 g/mol. The van der Waals surface area contributed by atoms with Crippen molar-refractivity contribution in [3.05, 3.63) is 48.0 Å². The van der Waals surface area contributed by atoms with Crippen molar-refractivity contribution in [2.75, 3.05) is 7.11 Å². The molecule has 0 aliphatic rings. The van der Waals surface area contributed by atoms with Crippen LogP contribution in [0.1, 0.15) is 5.56 Å². The van der Waals surface area contributed by atoms with E-state index in [0.717, 1.165) is 11.3 Å². The van der Waals surface area contributed by atoms with E-state index in [9.17, 15) is 5.11 Å². The molecule has 0 bridgehead atoms. The molecule has 2 aromatic carbocycles. The third kappa shape index (κ3) is 2.79. The Kier molecular flexibility index (Phi) is 3.48. The quantitative estimate of drug-likeness (QED) is 0.815. The lowest BCUT2D eigenvalue weighted by Gasteiger charge is -2.03. The van der Waals surface area contributed by atoms with Crippen molar-refractivity contribution in [1.82, 2.24) is 0 Å². The van der Waals surface area contributed by atoms with Gasteiger partial charge in [0.05, 0.1) is 12.8 Å². The average Bonchev–Trinajstić information content (AvgIpc) is 2.38. The fraction of sp³-hybridized carbons (Fsp3) is 0.0714. The molecular weight excluding hydrogens is 230 g/mol. The molecule has 0 aromatic heterocycles. The highest BCUT2D eigenvalue weighted by Crippen LogP contribution is 2.25. The molecule has 0 aliphatic heterocycles. The first kappa shape index (κ1) is 12.0. The van der Waals surface area contributed by atoms with Crippen molar-refractivity contribution in [2.24, 2.45) is 4.99 Å². The van der Waals surface area contributed by atoms with Crippen molar-refractivity contribution < 1.29 is 14.9 Å². The van der Waals surface area contributed by atoms with Gasteiger partial charge < -0.3 is 14.9 Å². The maximum absolute atomic E-state index is 9.61. The van der Waals surface area contributed by atoms with Gasteiger partial charge in [0.15, 0.2) is 11.5 Å². The van der Waals surface area contributed by atoms with Gasteiger partial charge >= 0.3 is 0 Å². The number of phenolic OH excluding ortho intramolecular Hbond substituents is 2. The molecule has 0 aliphatic carbocycles. The number of phenols is 2. The Labute approximate surface area is 105 Å². The summed E-state index contributed by atoms with van der Waals surface area (Å²) in [4.78, 5) is 4.23. The highest BCUT2D eigenvalue weighted by Gasteiger charge is 2.00. The lowest BCUT2D eigenvalue weighted by molar-refractivity contribution is 0.373. The number of nitrogens with zero attached hydrogens (tertiary/aromatic N) is 1. The minimum atomic E-state index is 0.0761. The zero-order valence-electron chi connectivity index (χ0n) is 9.87. The highest BCUT2D eigenvalue weighted by atomic mass is 16.5. The van der Waals surface area contributed by atoms with Gasteiger partial charge in [-0.25, -0.2) is 0 Å². The van der Waals surface area contributed by atoms with Crippen LogP contribution >= 0.6 is 0 Å². The van der Waals surface area contributed by atoms with Gasteiger partial charge in [0.25, 0.3) is 0 Å². The Bertz CT molecular complexity index is 562. The fourth-order valence-electron chi connectivity index (χ4n) is 1.48. The number of hydrogen-bond donors (Lipinski definition) is 2. The lowest BCUT2D eigenvalue weighted by Crippen LogP contribution is -1.86. The van der Waals surface area contributed by atoms with Gasteiger partial charge in [0.1, 0.15) is 5.75 Å². The molecule has 0 heterocycles. The summed E-state index contributed by atoms with van der Waals surface area (Å²) in [7, 11) is 1.50. The van der Waals surface area contributed by atoms with Crippen molar-refractivity contribution >= 4 is 11.9 Å². The summed E-state index contributed by atoms with van der Waals surface area (Å²) in [5.41, 5.74) is 1.49. The molecule has 0 saturated heterocycles. The van der Waals surface area contributed by atoms with Gasteiger partial charge in [0.2, 0.25) is 0 Å². The first-order valence-corrected chi connectivity index (χ1v) is 5.39. The van der Waals surface area contributed by atoms with Gasteiger partial charge in [-0.3, -0.25) is 4.99 Å². The van der Waals surface area contributed by atoms with E-state index in [1.165, 1.54) is 7.11 Å². The van der Waals surface area contributed by atoms with Crippen LogP contribution in [0.2, 0.25) is 0 Å². The topological polar surface area (TPSA) is 62.0 Å². The van der Waals surface area contributed by atoms with Gasteiger partial charge in [-0.1, -0.05) is 0 Å². The number of aliphatic imine (C=N–C) groups is 1. The van der Waals surface area contributed by atoms with Crippen LogP contribution in [-0.4, -0.2) is 23.5 Å². The molecule has 2 N–H and O–H groups in total. The Hall–Kier alpha value is -2.49. The molecule has 92 valence electrons. The largest absolute Gasteiger partial charge is 0.508 e. The first-order chi connectivity index (χ1) is 8.69. The molecule has 0 saturated carbocycles. The maximum atomic E-state index is 9.61. The second-order valence-corrected chi connectivity index (χ2v) is 3.71. The summed E-state index contributed by atoms with van der Waals surface area (Å²) in [5.74, 6) is 0.708. The highest BCUT2D eigenvalue weighted by molar-refractivity contribution is 5.83. The molecule has 0 spiro atoms. The number of hydrogen-bond acceptors (Lipinski definition) is 4. The summed E-state index contributed by atoms with van der Waals surface area (Å²) in [6.07, 6.45) is 1.63.